The Balaban J connectivity index is 2.08. The first kappa shape index (κ1) is 10.7. The third kappa shape index (κ3) is 2.21. The van der Waals surface area contributed by atoms with E-state index in [1.54, 1.807) is 0 Å². The van der Waals surface area contributed by atoms with Crippen LogP contribution in [-0.4, -0.2) is 12.1 Å². The topological polar surface area (TPSA) is 38.0 Å². The smallest absolute Gasteiger partial charge is 0.0329 e. The van der Waals surface area contributed by atoms with Crippen LogP contribution < -0.4 is 11.1 Å². The SMILES string of the molecule is CC(N)C(C)NC1CCc2ccccc21. The molecule has 2 nitrogen and oxygen atoms in total. The molecule has 82 valence electrons. The van der Waals surface area contributed by atoms with E-state index in [9.17, 15) is 0 Å². The minimum Gasteiger partial charge on any atom is -0.327 e. The quantitative estimate of drug-likeness (QED) is 0.790. The zero-order valence-electron chi connectivity index (χ0n) is 9.53. The fourth-order valence-electron chi connectivity index (χ4n) is 2.20. The van der Waals surface area contributed by atoms with Crippen molar-refractivity contribution in [3.63, 3.8) is 0 Å². The van der Waals surface area contributed by atoms with E-state index < -0.39 is 0 Å². The largest absolute Gasteiger partial charge is 0.327 e. The van der Waals surface area contributed by atoms with E-state index in [0.29, 0.717) is 12.1 Å². The number of hydrogen-bond donors (Lipinski definition) is 2. The third-order valence-corrected chi connectivity index (χ3v) is 3.39. The summed E-state index contributed by atoms with van der Waals surface area (Å²) in [5, 5.41) is 3.61. The van der Waals surface area contributed by atoms with Crippen molar-refractivity contribution in [2.45, 2.75) is 44.8 Å². The van der Waals surface area contributed by atoms with Gasteiger partial charge in [0.25, 0.3) is 0 Å². The molecule has 3 unspecified atom stereocenters. The average Bonchev–Trinajstić information content (AvgIpc) is 2.62. The Morgan fingerprint density at radius 2 is 2.07 bits per heavy atom. The molecule has 1 aliphatic rings. The van der Waals surface area contributed by atoms with Crippen LogP contribution in [0.1, 0.15) is 37.4 Å². The van der Waals surface area contributed by atoms with Gasteiger partial charge in [-0.05, 0) is 37.8 Å². The highest BCUT2D eigenvalue weighted by Gasteiger charge is 2.23. The molecule has 1 aromatic rings. The lowest BCUT2D eigenvalue weighted by Gasteiger charge is -2.23. The minimum atomic E-state index is 0.206. The number of fused-ring (bicyclic) bond motifs is 1. The Bertz CT molecular complexity index is 333. The van der Waals surface area contributed by atoms with Gasteiger partial charge >= 0.3 is 0 Å². The summed E-state index contributed by atoms with van der Waals surface area (Å²) >= 11 is 0. The van der Waals surface area contributed by atoms with Gasteiger partial charge in [0, 0.05) is 18.1 Å². The van der Waals surface area contributed by atoms with Crippen molar-refractivity contribution >= 4 is 0 Å². The fraction of sp³-hybridized carbons (Fsp3) is 0.538. The maximum Gasteiger partial charge on any atom is 0.0329 e. The summed E-state index contributed by atoms with van der Waals surface area (Å²) in [5.74, 6) is 0. The molecule has 0 fully saturated rings. The van der Waals surface area contributed by atoms with Crippen molar-refractivity contribution in [1.29, 1.82) is 0 Å². The van der Waals surface area contributed by atoms with Gasteiger partial charge in [0.2, 0.25) is 0 Å². The molecule has 3 atom stereocenters. The van der Waals surface area contributed by atoms with Gasteiger partial charge in [-0.15, -0.1) is 0 Å². The van der Waals surface area contributed by atoms with Crippen molar-refractivity contribution in [3.05, 3.63) is 35.4 Å². The second-order valence-electron chi connectivity index (χ2n) is 4.60. The average molecular weight is 204 g/mol. The van der Waals surface area contributed by atoms with E-state index in [4.69, 9.17) is 5.73 Å². The van der Waals surface area contributed by atoms with Crippen molar-refractivity contribution in [2.24, 2.45) is 5.73 Å². The van der Waals surface area contributed by atoms with Gasteiger partial charge in [0.15, 0.2) is 0 Å². The number of benzene rings is 1. The Morgan fingerprint density at radius 3 is 2.80 bits per heavy atom. The van der Waals surface area contributed by atoms with Gasteiger partial charge in [-0.25, -0.2) is 0 Å². The molecule has 0 saturated carbocycles. The number of nitrogens with one attached hydrogen (secondary N) is 1. The maximum atomic E-state index is 5.87. The van der Waals surface area contributed by atoms with Crippen LogP contribution in [0.4, 0.5) is 0 Å². The van der Waals surface area contributed by atoms with Gasteiger partial charge in [-0.3, -0.25) is 0 Å². The molecule has 0 amide bonds. The summed E-state index contributed by atoms with van der Waals surface area (Å²) in [6.07, 6.45) is 2.40. The van der Waals surface area contributed by atoms with Crippen molar-refractivity contribution in [2.75, 3.05) is 0 Å². The summed E-state index contributed by atoms with van der Waals surface area (Å²) < 4.78 is 0. The molecule has 2 rings (SSSR count). The molecule has 1 aliphatic carbocycles. The molecule has 0 aliphatic heterocycles. The summed E-state index contributed by atoms with van der Waals surface area (Å²) in [5.41, 5.74) is 8.83. The van der Waals surface area contributed by atoms with E-state index in [0.717, 1.165) is 0 Å². The maximum absolute atomic E-state index is 5.87. The summed E-state index contributed by atoms with van der Waals surface area (Å²) in [7, 11) is 0. The second kappa shape index (κ2) is 4.33. The molecule has 15 heavy (non-hydrogen) atoms. The number of aryl methyl sites for hydroxylation is 1. The molecule has 0 heterocycles. The molecule has 0 radical (unpaired) electrons. The highest BCUT2D eigenvalue weighted by atomic mass is 15.0. The Labute approximate surface area is 91.9 Å². The number of nitrogens with two attached hydrogens (primary N) is 1. The van der Waals surface area contributed by atoms with Gasteiger partial charge in [-0.1, -0.05) is 24.3 Å². The summed E-state index contributed by atoms with van der Waals surface area (Å²) in [4.78, 5) is 0. The van der Waals surface area contributed by atoms with Crippen LogP contribution in [0.2, 0.25) is 0 Å². The molecule has 1 aromatic carbocycles. The standard InChI is InChI=1S/C13H20N2/c1-9(14)10(2)15-13-8-7-11-5-3-4-6-12(11)13/h3-6,9-10,13,15H,7-8,14H2,1-2H3. The van der Waals surface area contributed by atoms with Gasteiger partial charge < -0.3 is 11.1 Å². The molecule has 0 bridgehead atoms. The summed E-state index contributed by atoms with van der Waals surface area (Å²) in [6, 6.07) is 9.79. The van der Waals surface area contributed by atoms with Crippen LogP contribution in [0.3, 0.4) is 0 Å². The lowest BCUT2D eigenvalue weighted by Crippen LogP contribution is -2.42. The third-order valence-electron chi connectivity index (χ3n) is 3.39. The molecule has 0 saturated heterocycles. The summed E-state index contributed by atoms with van der Waals surface area (Å²) in [6.45, 7) is 4.21. The van der Waals surface area contributed by atoms with Crippen LogP contribution in [0.25, 0.3) is 0 Å². The highest BCUT2D eigenvalue weighted by Crippen LogP contribution is 2.30. The zero-order chi connectivity index (χ0) is 10.8. The highest BCUT2D eigenvalue weighted by molar-refractivity contribution is 5.34. The monoisotopic (exact) mass is 204 g/mol. The molecular weight excluding hydrogens is 184 g/mol. The number of rotatable bonds is 3. The Kier molecular flexibility index (Phi) is 3.08. The predicted octanol–water partition coefficient (Wildman–Crippen LogP) is 2.00. The molecule has 3 N–H and O–H groups in total. The molecule has 2 heteroatoms. The second-order valence-corrected chi connectivity index (χ2v) is 4.60. The van der Waals surface area contributed by atoms with E-state index in [2.05, 4.69) is 43.4 Å². The van der Waals surface area contributed by atoms with Gasteiger partial charge in [-0.2, -0.15) is 0 Å². The first-order valence-electron chi connectivity index (χ1n) is 5.78. The van der Waals surface area contributed by atoms with Crippen molar-refractivity contribution < 1.29 is 0 Å². The van der Waals surface area contributed by atoms with Crippen LogP contribution in [0, 0.1) is 0 Å². The van der Waals surface area contributed by atoms with Gasteiger partial charge in [0.1, 0.15) is 0 Å². The number of hydrogen-bond acceptors (Lipinski definition) is 2. The van der Waals surface area contributed by atoms with E-state index in [1.807, 2.05) is 0 Å². The lowest BCUT2D eigenvalue weighted by molar-refractivity contribution is 0.411. The first-order valence-corrected chi connectivity index (χ1v) is 5.78. The van der Waals surface area contributed by atoms with Crippen LogP contribution in [0.5, 0.6) is 0 Å². The lowest BCUT2D eigenvalue weighted by atomic mass is 10.1. The van der Waals surface area contributed by atoms with E-state index in [-0.39, 0.29) is 6.04 Å². The molecule has 0 spiro atoms. The van der Waals surface area contributed by atoms with E-state index >= 15 is 0 Å². The van der Waals surface area contributed by atoms with Crippen molar-refractivity contribution in [3.8, 4) is 0 Å². The first-order chi connectivity index (χ1) is 7.18. The van der Waals surface area contributed by atoms with Crippen LogP contribution in [-0.2, 0) is 6.42 Å². The molecular formula is C13H20N2. The normalized spacial score (nSPS) is 23.5. The Morgan fingerprint density at radius 1 is 1.33 bits per heavy atom. The molecule has 0 aromatic heterocycles. The zero-order valence-corrected chi connectivity index (χ0v) is 9.53. The fourth-order valence-corrected chi connectivity index (χ4v) is 2.20. The van der Waals surface area contributed by atoms with Crippen LogP contribution in [0.15, 0.2) is 24.3 Å². The minimum absolute atomic E-state index is 0.206. The van der Waals surface area contributed by atoms with E-state index in [1.165, 1.54) is 24.0 Å². The van der Waals surface area contributed by atoms with Crippen LogP contribution >= 0.6 is 0 Å². The van der Waals surface area contributed by atoms with Gasteiger partial charge in [0.05, 0.1) is 0 Å². The predicted molar refractivity (Wildman–Crippen MR) is 63.8 cm³/mol. The Hall–Kier alpha value is -0.860. The van der Waals surface area contributed by atoms with Crippen molar-refractivity contribution in [1.82, 2.24) is 5.32 Å².